The van der Waals surface area contributed by atoms with Gasteiger partial charge in [0.15, 0.2) is 0 Å². The van der Waals surface area contributed by atoms with Gasteiger partial charge in [0.1, 0.15) is 0 Å². The molecule has 0 bridgehead atoms. The predicted octanol–water partition coefficient (Wildman–Crippen LogP) is 1.92. The van der Waals surface area contributed by atoms with Gasteiger partial charge < -0.3 is 10.3 Å². The molecule has 1 aromatic heterocycles. The van der Waals surface area contributed by atoms with Crippen LogP contribution >= 0.6 is 0 Å². The third-order valence-corrected chi connectivity index (χ3v) is 2.87. The molecule has 1 unspecified atom stereocenters. The number of hydrogen-bond acceptors (Lipinski definition) is 1. The molecule has 1 atom stereocenters. The minimum absolute atomic E-state index is 0.489. The highest BCUT2D eigenvalue weighted by Gasteiger charge is 2.47. The molecule has 0 aliphatic heterocycles. The summed E-state index contributed by atoms with van der Waals surface area (Å²) in [6, 6.07) is 4.87. The molecule has 1 aliphatic carbocycles. The van der Waals surface area contributed by atoms with Crippen LogP contribution in [0.25, 0.3) is 0 Å². The normalized spacial score (nSPS) is 25.8. The van der Waals surface area contributed by atoms with Crippen molar-refractivity contribution >= 4 is 0 Å². The molecule has 1 fully saturated rings. The van der Waals surface area contributed by atoms with Crippen LogP contribution in [0.15, 0.2) is 18.3 Å². The summed E-state index contributed by atoms with van der Waals surface area (Å²) in [6.07, 6.45) is 3.43. The first-order valence-electron chi connectivity index (χ1n) is 4.51. The maximum atomic E-state index is 5.63. The second-order valence-electron chi connectivity index (χ2n) is 4.32. The third kappa shape index (κ3) is 1.07. The summed E-state index contributed by atoms with van der Waals surface area (Å²) in [6.45, 7) is 5.26. The van der Waals surface area contributed by atoms with E-state index in [-0.39, 0.29) is 0 Å². The van der Waals surface area contributed by atoms with Crippen molar-refractivity contribution in [3.05, 3.63) is 24.0 Å². The van der Waals surface area contributed by atoms with Gasteiger partial charge in [0, 0.05) is 24.5 Å². The fourth-order valence-electron chi connectivity index (χ4n) is 1.82. The van der Waals surface area contributed by atoms with Crippen LogP contribution in [0.1, 0.15) is 32.0 Å². The Morgan fingerprint density at radius 2 is 2.33 bits per heavy atom. The van der Waals surface area contributed by atoms with E-state index in [0.29, 0.717) is 18.0 Å². The summed E-state index contributed by atoms with van der Waals surface area (Å²) in [7, 11) is 0. The molecular weight excluding hydrogens is 148 g/mol. The molecule has 2 heteroatoms. The van der Waals surface area contributed by atoms with Crippen LogP contribution in [0.5, 0.6) is 0 Å². The van der Waals surface area contributed by atoms with E-state index in [2.05, 4.69) is 36.7 Å². The standard InChI is InChI=1S/C10H16N2/c1-10(2)6-9(10)12-5-3-4-8(12)7-11/h3-5,9H,6-7,11H2,1-2H3. The summed E-state index contributed by atoms with van der Waals surface area (Å²) in [5, 5.41) is 0. The lowest BCUT2D eigenvalue weighted by Gasteiger charge is -2.08. The molecule has 1 heterocycles. The summed E-state index contributed by atoms with van der Waals surface area (Å²) < 4.78 is 2.32. The van der Waals surface area contributed by atoms with Crippen LogP contribution in [-0.4, -0.2) is 4.57 Å². The van der Waals surface area contributed by atoms with Crippen molar-refractivity contribution in [2.45, 2.75) is 32.9 Å². The van der Waals surface area contributed by atoms with Gasteiger partial charge >= 0.3 is 0 Å². The zero-order chi connectivity index (χ0) is 8.77. The van der Waals surface area contributed by atoms with Crippen LogP contribution in [0.3, 0.4) is 0 Å². The van der Waals surface area contributed by atoms with Crippen molar-refractivity contribution in [2.24, 2.45) is 11.1 Å². The Labute approximate surface area is 73.4 Å². The largest absolute Gasteiger partial charge is 0.347 e. The average Bonchev–Trinajstić information content (AvgIpc) is 2.51. The highest BCUT2D eigenvalue weighted by Crippen LogP contribution is 2.55. The minimum Gasteiger partial charge on any atom is -0.347 e. The maximum Gasteiger partial charge on any atom is 0.0391 e. The van der Waals surface area contributed by atoms with E-state index in [4.69, 9.17) is 5.73 Å². The lowest BCUT2D eigenvalue weighted by atomic mass is 10.2. The Morgan fingerprint density at radius 3 is 2.83 bits per heavy atom. The van der Waals surface area contributed by atoms with Crippen molar-refractivity contribution in [3.63, 3.8) is 0 Å². The SMILES string of the molecule is CC1(C)CC1n1cccc1CN. The molecule has 1 saturated carbocycles. The summed E-state index contributed by atoms with van der Waals surface area (Å²) >= 11 is 0. The third-order valence-electron chi connectivity index (χ3n) is 2.87. The van der Waals surface area contributed by atoms with Gasteiger partial charge in [0.05, 0.1) is 0 Å². The molecule has 2 N–H and O–H groups in total. The first-order valence-corrected chi connectivity index (χ1v) is 4.51. The van der Waals surface area contributed by atoms with E-state index in [0.717, 1.165) is 0 Å². The molecule has 2 nitrogen and oxygen atoms in total. The topological polar surface area (TPSA) is 30.9 Å². The molecule has 1 aliphatic rings. The number of hydrogen-bond donors (Lipinski definition) is 1. The molecule has 12 heavy (non-hydrogen) atoms. The molecule has 2 rings (SSSR count). The smallest absolute Gasteiger partial charge is 0.0391 e. The lowest BCUT2D eigenvalue weighted by molar-refractivity contribution is 0.531. The van der Waals surface area contributed by atoms with E-state index in [1.54, 1.807) is 0 Å². The zero-order valence-electron chi connectivity index (χ0n) is 7.75. The Morgan fingerprint density at radius 1 is 1.67 bits per heavy atom. The Bertz CT molecular complexity index is 286. The van der Waals surface area contributed by atoms with Gasteiger partial charge in [-0.15, -0.1) is 0 Å². The lowest BCUT2D eigenvalue weighted by Crippen LogP contribution is -2.07. The summed E-state index contributed by atoms with van der Waals surface area (Å²) in [4.78, 5) is 0. The molecule has 1 aromatic rings. The first-order chi connectivity index (χ1) is 5.65. The fourth-order valence-corrected chi connectivity index (χ4v) is 1.82. The van der Waals surface area contributed by atoms with Gasteiger partial charge in [-0.2, -0.15) is 0 Å². The number of aromatic nitrogens is 1. The fraction of sp³-hybridized carbons (Fsp3) is 0.600. The highest BCUT2D eigenvalue weighted by atomic mass is 15.1. The monoisotopic (exact) mass is 164 g/mol. The molecular formula is C10H16N2. The molecule has 66 valence electrons. The van der Waals surface area contributed by atoms with Crippen molar-refractivity contribution in [1.29, 1.82) is 0 Å². The first kappa shape index (κ1) is 7.87. The Kier molecular flexibility index (Phi) is 1.55. The van der Waals surface area contributed by atoms with Crippen molar-refractivity contribution in [3.8, 4) is 0 Å². The van der Waals surface area contributed by atoms with Crippen LogP contribution in [-0.2, 0) is 6.54 Å². The van der Waals surface area contributed by atoms with E-state index in [1.165, 1.54) is 12.1 Å². The van der Waals surface area contributed by atoms with Crippen LogP contribution in [0.2, 0.25) is 0 Å². The quantitative estimate of drug-likeness (QED) is 0.711. The number of nitrogens with zero attached hydrogens (tertiary/aromatic N) is 1. The van der Waals surface area contributed by atoms with Crippen LogP contribution in [0, 0.1) is 5.41 Å². The van der Waals surface area contributed by atoms with E-state index in [9.17, 15) is 0 Å². The Hall–Kier alpha value is -0.760. The summed E-state index contributed by atoms with van der Waals surface area (Å²) in [5.41, 5.74) is 7.37. The van der Waals surface area contributed by atoms with Gasteiger partial charge in [-0.25, -0.2) is 0 Å². The van der Waals surface area contributed by atoms with Gasteiger partial charge in [-0.3, -0.25) is 0 Å². The van der Waals surface area contributed by atoms with Crippen molar-refractivity contribution in [1.82, 2.24) is 4.57 Å². The minimum atomic E-state index is 0.489. The molecule has 0 radical (unpaired) electrons. The van der Waals surface area contributed by atoms with E-state index < -0.39 is 0 Å². The highest BCUT2D eigenvalue weighted by molar-refractivity contribution is 5.14. The van der Waals surface area contributed by atoms with Gasteiger partial charge in [0.2, 0.25) is 0 Å². The number of nitrogens with two attached hydrogens (primary N) is 1. The van der Waals surface area contributed by atoms with Gasteiger partial charge in [0.25, 0.3) is 0 Å². The summed E-state index contributed by atoms with van der Waals surface area (Å²) in [5.74, 6) is 0. The molecule has 0 saturated heterocycles. The van der Waals surface area contributed by atoms with Crippen molar-refractivity contribution < 1.29 is 0 Å². The number of rotatable bonds is 2. The maximum absolute atomic E-state index is 5.63. The second-order valence-corrected chi connectivity index (χ2v) is 4.32. The zero-order valence-corrected chi connectivity index (χ0v) is 7.75. The van der Waals surface area contributed by atoms with Gasteiger partial charge in [-0.1, -0.05) is 13.8 Å². The van der Waals surface area contributed by atoms with E-state index in [1.807, 2.05) is 0 Å². The second kappa shape index (κ2) is 2.36. The van der Waals surface area contributed by atoms with Crippen molar-refractivity contribution in [2.75, 3.05) is 0 Å². The van der Waals surface area contributed by atoms with E-state index >= 15 is 0 Å². The Balaban J connectivity index is 2.24. The predicted molar refractivity (Wildman–Crippen MR) is 49.8 cm³/mol. The van der Waals surface area contributed by atoms with Crippen LogP contribution < -0.4 is 5.73 Å². The molecule has 0 spiro atoms. The average molecular weight is 164 g/mol. The van der Waals surface area contributed by atoms with Crippen LogP contribution in [0.4, 0.5) is 0 Å². The molecule has 0 aromatic carbocycles. The molecule has 0 amide bonds. The van der Waals surface area contributed by atoms with Gasteiger partial charge in [-0.05, 0) is 24.0 Å².